The van der Waals surface area contributed by atoms with Gasteiger partial charge in [0.15, 0.2) is 0 Å². The molecule has 2 nitrogen and oxygen atoms in total. The molecule has 2 aromatic rings. The van der Waals surface area contributed by atoms with Crippen molar-refractivity contribution in [2.75, 3.05) is 7.11 Å². The lowest BCUT2D eigenvalue weighted by Gasteiger charge is -2.21. The molecule has 0 aliphatic rings. The van der Waals surface area contributed by atoms with E-state index < -0.39 is 5.41 Å². The minimum absolute atomic E-state index is 0.198. The molecule has 16 heavy (non-hydrogen) atoms. The number of fused-ring (bicyclic) bond motifs is 1. The van der Waals surface area contributed by atoms with Crippen LogP contribution in [0, 0.1) is 0 Å². The SMILES string of the molecule is COC(=O)C(C)(C)c1csc2ccccc12. The quantitative estimate of drug-likeness (QED) is 0.745. The predicted molar refractivity (Wildman–Crippen MR) is 66.9 cm³/mol. The first-order valence-corrected chi connectivity index (χ1v) is 6.00. The molecule has 0 atom stereocenters. The molecule has 0 amide bonds. The zero-order valence-electron chi connectivity index (χ0n) is 9.61. The number of methoxy groups -OCH3 is 1. The second-order valence-corrected chi connectivity index (χ2v) is 5.17. The first-order valence-electron chi connectivity index (χ1n) is 5.12. The Balaban J connectivity index is 2.59. The van der Waals surface area contributed by atoms with Crippen molar-refractivity contribution in [3.63, 3.8) is 0 Å². The summed E-state index contributed by atoms with van der Waals surface area (Å²) in [5.41, 5.74) is 0.453. The van der Waals surface area contributed by atoms with Crippen LogP contribution in [0.3, 0.4) is 0 Å². The summed E-state index contributed by atoms with van der Waals surface area (Å²) in [6, 6.07) is 8.11. The van der Waals surface area contributed by atoms with Gasteiger partial charge in [0.25, 0.3) is 0 Å². The number of hydrogen-bond donors (Lipinski definition) is 0. The summed E-state index contributed by atoms with van der Waals surface area (Å²) in [5.74, 6) is -0.198. The third-order valence-electron chi connectivity index (χ3n) is 2.85. The Hall–Kier alpha value is -1.35. The normalized spacial score (nSPS) is 11.7. The summed E-state index contributed by atoms with van der Waals surface area (Å²) in [6.45, 7) is 3.79. The molecule has 0 saturated carbocycles. The Morgan fingerprint density at radius 2 is 2.00 bits per heavy atom. The topological polar surface area (TPSA) is 26.3 Å². The van der Waals surface area contributed by atoms with Crippen molar-refractivity contribution < 1.29 is 9.53 Å². The van der Waals surface area contributed by atoms with Gasteiger partial charge >= 0.3 is 5.97 Å². The Labute approximate surface area is 98.9 Å². The molecular weight excluding hydrogens is 220 g/mol. The van der Waals surface area contributed by atoms with E-state index in [0.717, 1.165) is 10.9 Å². The molecule has 0 radical (unpaired) electrons. The van der Waals surface area contributed by atoms with Crippen LogP contribution in [0.25, 0.3) is 10.1 Å². The van der Waals surface area contributed by atoms with Crippen LogP contribution in [0.1, 0.15) is 19.4 Å². The van der Waals surface area contributed by atoms with Gasteiger partial charge in [0.05, 0.1) is 12.5 Å². The maximum absolute atomic E-state index is 11.8. The monoisotopic (exact) mass is 234 g/mol. The summed E-state index contributed by atoms with van der Waals surface area (Å²) in [6.07, 6.45) is 0. The number of rotatable bonds is 2. The molecule has 0 aliphatic heterocycles. The standard InChI is InChI=1S/C13H14O2S/c1-13(2,12(14)15-3)10-8-16-11-7-5-4-6-9(10)11/h4-8H,1-3H3. The van der Waals surface area contributed by atoms with Gasteiger partial charge < -0.3 is 4.74 Å². The van der Waals surface area contributed by atoms with Crippen molar-refractivity contribution >= 4 is 27.4 Å². The van der Waals surface area contributed by atoms with Gasteiger partial charge in [-0.3, -0.25) is 4.79 Å². The van der Waals surface area contributed by atoms with E-state index >= 15 is 0 Å². The van der Waals surface area contributed by atoms with Gasteiger partial charge in [0, 0.05) is 4.70 Å². The van der Waals surface area contributed by atoms with Crippen LogP contribution in [0.4, 0.5) is 0 Å². The van der Waals surface area contributed by atoms with Crippen molar-refractivity contribution in [2.45, 2.75) is 19.3 Å². The lowest BCUT2D eigenvalue weighted by molar-refractivity contribution is -0.146. The van der Waals surface area contributed by atoms with Crippen LogP contribution in [0.15, 0.2) is 29.6 Å². The minimum Gasteiger partial charge on any atom is -0.468 e. The number of thiophene rings is 1. The number of esters is 1. The largest absolute Gasteiger partial charge is 0.468 e. The Bertz CT molecular complexity index is 525. The molecule has 1 aromatic carbocycles. The van der Waals surface area contributed by atoms with Gasteiger partial charge in [-0.2, -0.15) is 0 Å². The molecule has 0 N–H and O–H groups in total. The maximum atomic E-state index is 11.8. The lowest BCUT2D eigenvalue weighted by Crippen LogP contribution is -2.29. The second kappa shape index (κ2) is 3.91. The molecule has 0 aliphatic carbocycles. The van der Waals surface area contributed by atoms with E-state index in [0.29, 0.717) is 0 Å². The average Bonchev–Trinajstić information content (AvgIpc) is 2.72. The fourth-order valence-corrected chi connectivity index (χ4v) is 2.96. The van der Waals surface area contributed by atoms with Gasteiger partial charge in [-0.25, -0.2) is 0 Å². The third-order valence-corrected chi connectivity index (χ3v) is 3.81. The Morgan fingerprint density at radius 1 is 1.31 bits per heavy atom. The van der Waals surface area contributed by atoms with E-state index in [9.17, 15) is 4.79 Å². The van der Waals surface area contributed by atoms with Crippen molar-refractivity contribution in [2.24, 2.45) is 0 Å². The van der Waals surface area contributed by atoms with Gasteiger partial charge in [-0.05, 0) is 36.2 Å². The van der Waals surface area contributed by atoms with Crippen molar-refractivity contribution in [3.8, 4) is 0 Å². The fraction of sp³-hybridized carbons (Fsp3) is 0.308. The first kappa shape index (κ1) is 11.1. The fourth-order valence-electron chi connectivity index (χ4n) is 1.83. The zero-order valence-corrected chi connectivity index (χ0v) is 10.4. The van der Waals surface area contributed by atoms with Crippen molar-refractivity contribution in [1.29, 1.82) is 0 Å². The summed E-state index contributed by atoms with van der Waals surface area (Å²) in [4.78, 5) is 11.8. The number of carbonyl (C=O) groups excluding carboxylic acids is 1. The van der Waals surface area contributed by atoms with E-state index in [1.165, 1.54) is 11.8 Å². The first-order chi connectivity index (χ1) is 7.57. The highest BCUT2D eigenvalue weighted by Gasteiger charge is 2.32. The van der Waals surface area contributed by atoms with Crippen LogP contribution in [0.2, 0.25) is 0 Å². The Kier molecular flexibility index (Phi) is 2.72. The van der Waals surface area contributed by atoms with Crippen LogP contribution in [-0.4, -0.2) is 13.1 Å². The lowest BCUT2D eigenvalue weighted by atomic mass is 9.84. The molecule has 0 unspecified atom stereocenters. The summed E-state index contributed by atoms with van der Waals surface area (Å²) in [7, 11) is 1.43. The Morgan fingerprint density at radius 3 is 2.69 bits per heavy atom. The van der Waals surface area contributed by atoms with Crippen molar-refractivity contribution in [3.05, 3.63) is 35.2 Å². The van der Waals surface area contributed by atoms with Crippen LogP contribution in [-0.2, 0) is 14.9 Å². The third kappa shape index (κ3) is 1.61. The zero-order chi connectivity index (χ0) is 11.8. The van der Waals surface area contributed by atoms with Gasteiger partial charge in [-0.1, -0.05) is 18.2 Å². The highest BCUT2D eigenvalue weighted by Crippen LogP contribution is 2.35. The van der Waals surface area contributed by atoms with Gasteiger partial charge in [-0.15, -0.1) is 11.3 Å². The van der Waals surface area contributed by atoms with E-state index in [1.54, 1.807) is 11.3 Å². The van der Waals surface area contributed by atoms with E-state index in [4.69, 9.17) is 4.74 Å². The summed E-state index contributed by atoms with van der Waals surface area (Å²) < 4.78 is 6.06. The molecular formula is C13H14O2S. The molecule has 0 bridgehead atoms. The maximum Gasteiger partial charge on any atom is 0.315 e. The van der Waals surface area contributed by atoms with Crippen LogP contribution < -0.4 is 0 Å². The van der Waals surface area contributed by atoms with Crippen LogP contribution in [0.5, 0.6) is 0 Å². The highest BCUT2D eigenvalue weighted by molar-refractivity contribution is 7.17. The summed E-state index contributed by atoms with van der Waals surface area (Å²) in [5, 5.41) is 3.18. The molecule has 1 heterocycles. The highest BCUT2D eigenvalue weighted by atomic mass is 32.1. The van der Waals surface area contributed by atoms with E-state index in [2.05, 4.69) is 6.07 Å². The number of benzene rings is 1. The number of ether oxygens (including phenoxy) is 1. The molecule has 1 aromatic heterocycles. The van der Waals surface area contributed by atoms with Gasteiger partial charge in [0.2, 0.25) is 0 Å². The molecule has 84 valence electrons. The van der Waals surface area contributed by atoms with Gasteiger partial charge in [0.1, 0.15) is 0 Å². The summed E-state index contributed by atoms with van der Waals surface area (Å²) >= 11 is 1.66. The molecule has 0 saturated heterocycles. The molecule has 0 spiro atoms. The smallest absolute Gasteiger partial charge is 0.315 e. The molecule has 0 fully saturated rings. The number of carbonyl (C=O) groups is 1. The minimum atomic E-state index is -0.589. The predicted octanol–water partition coefficient (Wildman–Crippen LogP) is 3.35. The molecule has 2 rings (SSSR count). The van der Waals surface area contributed by atoms with E-state index in [-0.39, 0.29) is 5.97 Å². The average molecular weight is 234 g/mol. The van der Waals surface area contributed by atoms with Crippen molar-refractivity contribution in [1.82, 2.24) is 0 Å². The molecule has 3 heteroatoms. The van der Waals surface area contributed by atoms with E-state index in [1.807, 2.05) is 37.4 Å². The second-order valence-electron chi connectivity index (χ2n) is 4.26. The van der Waals surface area contributed by atoms with Crippen LogP contribution >= 0.6 is 11.3 Å². The number of hydrogen-bond acceptors (Lipinski definition) is 3.